The van der Waals surface area contributed by atoms with Gasteiger partial charge in [-0.2, -0.15) is 13.2 Å². The average Bonchev–Trinajstić information content (AvgIpc) is 2.03. The second-order valence-electron chi connectivity index (χ2n) is 3.26. The zero-order valence-electron chi connectivity index (χ0n) is 7.36. The van der Waals surface area contributed by atoms with Crippen LogP contribution in [0.15, 0.2) is 23.3 Å². The van der Waals surface area contributed by atoms with Crippen molar-refractivity contribution in [3.63, 3.8) is 0 Å². The quantitative estimate of drug-likeness (QED) is 0.676. The lowest BCUT2D eigenvalue weighted by Crippen LogP contribution is -2.29. The maximum absolute atomic E-state index is 12.4. The van der Waals surface area contributed by atoms with E-state index in [0.717, 1.165) is 5.57 Å². The molecule has 0 aliphatic heterocycles. The van der Waals surface area contributed by atoms with E-state index in [-0.39, 0.29) is 18.5 Å². The van der Waals surface area contributed by atoms with Crippen LogP contribution in [0.25, 0.3) is 0 Å². The maximum atomic E-state index is 12.4. The molecule has 0 saturated heterocycles. The van der Waals surface area contributed by atoms with E-state index < -0.39 is 12.1 Å². The van der Waals surface area contributed by atoms with Crippen LogP contribution in [0.2, 0.25) is 0 Å². The van der Waals surface area contributed by atoms with Crippen LogP contribution < -0.4 is 5.73 Å². The van der Waals surface area contributed by atoms with Crippen LogP contribution in [0.5, 0.6) is 0 Å². The highest BCUT2D eigenvalue weighted by Crippen LogP contribution is 2.38. The van der Waals surface area contributed by atoms with Gasteiger partial charge in [0.2, 0.25) is 0 Å². The van der Waals surface area contributed by atoms with E-state index in [9.17, 15) is 13.2 Å². The molecule has 0 aromatic rings. The molecule has 0 spiro atoms. The van der Waals surface area contributed by atoms with Crippen molar-refractivity contribution in [2.24, 2.45) is 11.7 Å². The predicted octanol–water partition coefficient (Wildman–Crippen LogP) is 2.40. The molecule has 0 radical (unpaired) electrons. The number of alkyl halides is 3. The molecule has 0 aromatic carbocycles. The summed E-state index contributed by atoms with van der Waals surface area (Å²) in [5, 5.41) is 0. The Bertz CT molecular complexity index is 250. The molecule has 1 atom stereocenters. The van der Waals surface area contributed by atoms with Gasteiger partial charge in [-0.3, -0.25) is 0 Å². The molecule has 13 heavy (non-hydrogen) atoms. The molecular weight excluding hydrogens is 179 g/mol. The van der Waals surface area contributed by atoms with Crippen molar-refractivity contribution in [3.05, 3.63) is 23.3 Å². The van der Waals surface area contributed by atoms with E-state index in [1.165, 1.54) is 6.08 Å². The first kappa shape index (κ1) is 10.3. The third-order valence-electron chi connectivity index (χ3n) is 2.19. The van der Waals surface area contributed by atoms with Gasteiger partial charge in [0.1, 0.15) is 0 Å². The molecule has 1 rings (SSSR count). The fourth-order valence-corrected chi connectivity index (χ4v) is 1.42. The molecule has 2 N–H and O–H groups in total. The van der Waals surface area contributed by atoms with Gasteiger partial charge in [-0.1, -0.05) is 17.7 Å². The van der Waals surface area contributed by atoms with Crippen molar-refractivity contribution in [2.75, 3.05) is 6.54 Å². The molecule has 74 valence electrons. The molecule has 0 saturated carbocycles. The van der Waals surface area contributed by atoms with E-state index in [4.69, 9.17) is 5.73 Å². The Morgan fingerprint density at radius 2 is 2.08 bits per heavy atom. The van der Waals surface area contributed by atoms with Crippen LogP contribution >= 0.6 is 0 Å². The Labute approximate surface area is 75.1 Å². The number of hydrogen-bond acceptors (Lipinski definition) is 1. The zero-order chi connectivity index (χ0) is 10.1. The van der Waals surface area contributed by atoms with Gasteiger partial charge < -0.3 is 5.73 Å². The van der Waals surface area contributed by atoms with Gasteiger partial charge in [0.15, 0.2) is 0 Å². The van der Waals surface area contributed by atoms with Gasteiger partial charge in [0.05, 0.1) is 5.92 Å². The Morgan fingerprint density at radius 1 is 1.46 bits per heavy atom. The SMILES string of the molecule is CC1=CC=C(CN)C(C(F)(F)F)C1. The van der Waals surface area contributed by atoms with E-state index >= 15 is 0 Å². The summed E-state index contributed by atoms with van der Waals surface area (Å²) in [7, 11) is 0. The van der Waals surface area contributed by atoms with Crippen LogP contribution in [0.1, 0.15) is 13.3 Å². The first-order valence-corrected chi connectivity index (χ1v) is 4.08. The first-order chi connectivity index (χ1) is 5.95. The molecule has 0 bridgehead atoms. The lowest BCUT2D eigenvalue weighted by molar-refractivity contribution is -0.164. The van der Waals surface area contributed by atoms with Crippen molar-refractivity contribution >= 4 is 0 Å². The summed E-state index contributed by atoms with van der Waals surface area (Å²) in [5.41, 5.74) is 6.26. The van der Waals surface area contributed by atoms with Gasteiger partial charge in [-0.15, -0.1) is 0 Å². The minimum Gasteiger partial charge on any atom is -0.327 e. The third kappa shape index (κ3) is 2.34. The molecule has 1 unspecified atom stereocenters. The van der Waals surface area contributed by atoms with Gasteiger partial charge in [-0.05, 0) is 18.9 Å². The normalized spacial score (nSPS) is 23.9. The van der Waals surface area contributed by atoms with Crippen molar-refractivity contribution in [3.8, 4) is 0 Å². The van der Waals surface area contributed by atoms with E-state index in [1.54, 1.807) is 13.0 Å². The monoisotopic (exact) mass is 191 g/mol. The Hall–Kier alpha value is -0.770. The van der Waals surface area contributed by atoms with Crippen molar-refractivity contribution in [1.29, 1.82) is 0 Å². The maximum Gasteiger partial charge on any atom is 0.395 e. The topological polar surface area (TPSA) is 26.0 Å². The van der Waals surface area contributed by atoms with Crippen LogP contribution in [0.3, 0.4) is 0 Å². The van der Waals surface area contributed by atoms with E-state index in [2.05, 4.69) is 0 Å². The largest absolute Gasteiger partial charge is 0.395 e. The summed E-state index contributed by atoms with van der Waals surface area (Å²) in [6, 6.07) is 0. The lowest BCUT2D eigenvalue weighted by Gasteiger charge is -2.25. The number of rotatable bonds is 1. The average molecular weight is 191 g/mol. The predicted molar refractivity (Wildman–Crippen MR) is 45.1 cm³/mol. The van der Waals surface area contributed by atoms with E-state index in [0.29, 0.717) is 0 Å². The molecule has 1 aliphatic carbocycles. The first-order valence-electron chi connectivity index (χ1n) is 4.08. The van der Waals surface area contributed by atoms with Crippen molar-refractivity contribution in [2.45, 2.75) is 19.5 Å². The van der Waals surface area contributed by atoms with Crippen molar-refractivity contribution in [1.82, 2.24) is 0 Å². The van der Waals surface area contributed by atoms with Crippen LogP contribution in [-0.4, -0.2) is 12.7 Å². The molecule has 0 heterocycles. The molecule has 4 heteroatoms. The van der Waals surface area contributed by atoms with Gasteiger partial charge in [-0.25, -0.2) is 0 Å². The smallest absolute Gasteiger partial charge is 0.327 e. The summed E-state index contributed by atoms with van der Waals surface area (Å²) in [4.78, 5) is 0. The summed E-state index contributed by atoms with van der Waals surface area (Å²) in [6.07, 6.45) is -0.936. The molecule has 0 aromatic heterocycles. The summed E-state index contributed by atoms with van der Waals surface area (Å²) >= 11 is 0. The fraction of sp³-hybridized carbons (Fsp3) is 0.556. The van der Waals surface area contributed by atoms with Crippen LogP contribution in [-0.2, 0) is 0 Å². The number of halogens is 3. The number of allylic oxidation sites excluding steroid dienone is 3. The number of nitrogens with two attached hydrogens (primary N) is 1. The number of hydrogen-bond donors (Lipinski definition) is 1. The van der Waals surface area contributed by atoms with Crippen molar-refractivity contribution < 1.29 is 13.2 Å². The van der Waals surface area contributed by atoms with Gasteiger partial charge in [0, 0.05) is 6.54 Å². The Morgan fingerprint density at radius 3 is 2.54 bits per heavy atom. The Balaban J connectivity index is 2.88. The second-order valence-corrected chi connectivity index (χ2v) is 3.26. The highest BCUT2D eigenvalue weighted by atomic mass is 19.4. The van der Waals surface area contributed by atoms with Crippen LogP contribution in [0, 0.1) is 5.92 Å². The molecule has 1 nitrogen and oxygen atoms in total. The second kappa shape index (κ2) is 3.54. The molecule has 1 aliphatic rings. The molecular formula is C9H12F3N. The Kier molecular flexibility index (Phi) is 2.81. The summed E-state index contributed by atoms with van der Waals surface area (Å²) in [6.45, 7) is 1.68. The fourth-order valence-electron chi connectivity index (χ4n) is 1.42. The highest BCUT2D eigenvalue weighted by molar-refractivity contribution is 5.27. The summed E-state index contributed by atoms with van der Waals surface area (Å²) < 4.78 is 37.3. The lowest BCUT2D eigenvalue weighted by atomic mass is 9.87. The van der Waals surface area contributed by atoms with Gasteiger partial charge >= 0.3 is 6.18 Å². The highest BCUT2D eigenvalue weighted by Gasteiger charge is 2.41. The third-order valence-corrected chi connectivity index (χ3v) is 2.19. The summed E-state index contributed by atoms with van der Waals surface area (Å²) in [5.74, 6) is -1.37. The zero-order valence-corrected chi connectivity index (χ0v) is 7.36. The standard InChI is InChI=1S/C9H12F3N/c1-6-2-3-7(5-13)8(4-6)9(10,11)12/h2-3,8H,4-5,13H2,1H3. The molecule has 0 amide bonds. The minimum absolute atomic E-state index is 0.0199. The van der Waals surface area contributed by atoms with Crippen LogP contribution in [0.4, 0.5) is 13.2 Å². The molecule has 0 fully saturated rings. The van der Waals surface area contributed by atoms with E-state index in [1.807, 2.05) is 0 Å². The van der Waals surface area contributed by atoms with Gasteiger partial charge in [0.25, 0.3) is 0 Å². The minimum atomic E-state index is -4.17.